The average molecular weight is 333 g/mol. The molecule has 0 aliphatic rings. The van der Waals surface area contributed by atoms with E-state index in [0.717, 1.165) is 12.1 Å². The summed E-state index contributed by atoms with van der Waals surface area (Å²) < 4.78 is 67.8. The van der Waals surface area contributed by atoms with Crippen LogP contribution in [0.2, 0.25) is 5.02 Å². The van der Waals surface area contributed by atoms with Gasteiger partial charge < -0.3 is 4.74 Å². The van der Waals surface area contributed by atoms with Gasteiger partial charge in [0.05, 0.1) is 16.9 Å². The summed E-state index contributed by atoms with van der Waals surface area (Å²) in [6.07, 6.45) is -5.37. The largest absolute Gasteiger partial charge is 0.434 e. The zero-order chi connectivity index (χ0) is 15.6. The van der Waals surface area contributed by atoms with Gasteiger partial charge in [-0.1, -0.05) is 11.6 Å². The predicted molar refractivity (Wildman–Crippen MR) is 68.1 cm³/mol. The monoisotopic (exact) mass is 332 g/mol. The van der Waals surface area contributed by atoms with Crippen molar-refractivity contribution in [3.63, 3.8) is 0 Å². The molecule has 10 heteroatoms. The Labute approximate surface area is 119 Å². The quantitative estimate of drug-likeness (QED) is 0.899. The van der Waals surface area contributed by atoms with Crippen LogP contribution in [0.15, 0.2) is 12.1 Å². The second kappa shape index (κ2) is 6.15. The van der Waals surface area contributed by atoms with Crippen LogP contribution in [-0.4, -0.2) is 32.4 Å². The molecule has 1 aromatic rings. The van der Waals surface area contributed by atoms with Gasteiger partial charge in [-0.05, 0) is 19.1 Å². The summed E-state index contributed by atoms with van der Waals surface area (Å²) >= 11 is 5.38. The highest BCUT2D eigenvalue weighted by atomic mass is 35.5. The number of hydrogen-bond acceptors (Lipinski definition) is 4. The molecule has 114 valence electrons. The molecule has 0 amide bonds. The van der Waals surface area contributed by atoms with E-state index >= 15 is 0 Å². The molecule has 0 aliphatic heterocycles. The fourth-order valence-electron chi connectivity index (χ4n) is 1.28. The molecular weight excluding hydrogens is 321 g/mol. The normalized spacial score (nSPS) is 14.1. The molecule has 0 spiro atoms. The van der Waals surface area contributed by atoms with Crippen LogP contribution >= 0.6 is 11.6 Å². The highest BCUT2D eigenvalue weighted by Crippen LogP contribution is 2.33. The smallest absolute Gasteiger partial charge is 0.381 e. The third kappa shape index (κ3) is 4.80. The van der Waals surface area contributed by atoms with Crippen LogP contribution in [0, 0.1) is 0 Å². The summed E-state index contributed by atoms with van der Waals surface area (Å²) in [4.78, 5) is 3.17. The number of hydrogen-bond donors (Lipinski definition) is 1. The summed E-state index contributed by atoms with van der Waals surface area (Å²) in [7, 11) is -2.55. The molecule has 5 nitrogen and oxygen atoms in total. The molecule has 0 aliphatic carbocycles. The number of aromatic nitrogens is 1. The number of methoxy groups -OCH3 is 1. The molecule has 0 saturated heterocycles. The molecule has 1 aromatic heterocycles. The van der Waals surface area contributed by atoms with Crippen molar-refractivity contribution in [2.45, 2.75) is 19.2 Å². The Morgan fingerprint density at radius 1 is 1.45 bits per heavy atom. The summed E-state index contributed by atoms with van der Waals surface area (Å²) in [6.45, 7) is 1.51. The molecule has 0 radical (unpaired) electrons. The third-order valence-corrected chi connectivity index (χ3v) is 3.96. The number of sulfonamides is 1. The Bertz CT molecular complexity index is 578. The van der Waals surface area contributed by atoms with Gasteiger partial charge in [0.2, 0.25) is 10.0 Å². The lowest BCUT2D eigenvalue weighted by atomic mass is 10.3. The number of pyridine rings is 1. The predicted octanol–water partition coefficient (Wildman–Crippen LogP) is 2.53. The number of halogens is 4. The zero-order valence-corrected chi connectivity index (χ0v) is 12.1. The molecule has 0 fully saturated rings. The standard InChI is InChI=1S/C10H12ClF3N2O3S/c1-6(19-2)5-20(17,18)16-8-4-3-7(11)9(15-8)10(12,13)14/h3-4,6H,5H2,1-2H3,(H,15,16). The second-order valence-corrected chi connectivity index (χ2v) is 6.13. The number of alkyl halides is 3. The number of rotatable bonds is 5. The Hall–Kier alpha value is -1.06. The molecule has 1 unspecified atom stereocenters. The first-order chi connectivity index (χ1) is 9.05. The van der Waals surface area contributed by atoms with Crippen molar-refractivity contribution in [1.82, 2.24) is 4.98 Å². The van der Waals surface area contributed by atoms with E-state index in [1.807, 2.05) is 4.72 Å². The summed E-state index contributed by atoms with van der Waals surface area (Å²) in [6, 6.07) is 1.97. The molecule has 0 bridgehead atoms. The van der Waals surface area contributed by atoms with E-state index in [2.05, 4.69) is 4.98 Å². The van der Waals surface area contributed by atoms with E-state index in [9.17, 15) is 21.6 Å². The van der Waals surface area contributed by atoms with E-state index in [-0.39, 0.29) is 0 Å². The van der Waals surface area contributed by atoms with Gasteiger partial charge in [-0.25, -0.2) is 13.4 Å². The lowest BCUT2D eigenvalue weighted by molar-refractivity contribution is -0.140. The third-order valence-electron chi connectivity index (χ3n) is 2.23. The van der Waals surface area contributed by atoms with Gasteiger partial charge in [-0.2, -0.15) is 13.2 Å². The minimum Gasteiger partial charge on any atom is -0.381 e. The van der Waals surface area contributed by atoms with Crippen molar-refractivity contribution in [3.05, 3.63) is 22.8 Å². The number of nitrogens with zero attached hydrogens (tertiary/aromatic N) is 1. The van der Waals surface area contributed by atoms with Crippen molar-refractivity contribution < 1.29 is 26.3 Å². The Morgan fingerprint density at radius 2 is 2.05 bits per heavy atom. The fraction of sp³-hybridized carbons (Fsp3) is 0.500. The summed E-state index contributed by atoms with van der Waals surface area (Å²) in [5.41, 5.74) is -1.35. The first-order valence-electron chi connectivity index (χ1n) is 5.32. The van der Waals surface area contributed by atoms with Gasteiger partial charge in [0.15, 0.2) is 5.69 Å². The van der Waals surface area contributed by atoms with Crippen LogP contribution in [0.5, 0.6) is 0 Å². The maximum atomic E-state index is 12.6. The maximum Gasteiger partial charge on any atom is 0.434 e. The molecule has 0 saturated carbocycles. The van der Waals surface area contributed by atoms with E-state index in [4.69, 9.17) is 16.3 Å². The van der Waals surface area contributed by atoms with Gasteiger partial charge in [0, 0.05) is 7.11 Å². The first kappa shape index (κ1) is 17.0. The minimum atomic E-state index is -4.77. The minimum absolute atomic E-state index is 0.408. The maximum absolute atomic E-state index is 12.6. The van der Waals surface area contributed by atoms with Crippen molar-refractivity contribution in [2.75, 3.05) is 17.6 Å². The van der Waals surface area contributed by atoms with Gasteiger partial charge in [-0.15, -0.1) is 0 Å². The van der Waals surface area contributed by atoms with Crippen molar-refractivity contribution >= 4 is 27.4 Å². The van der Waals surface area contributed by atoms with Gasteiger partial charge in [0.1, 0.15) is 5.82 Å². The topological polar surface area (TPSA) is 68.3 Å². The zero-order valence-electron chi connectivity index (χ0n) is 10.5. The van der Waals surface area contributed by atoms with Crippen LogP contribution in [0.1, 0.15) is 12.6 Å². The van der Waals surface area contributed by atoms with E-state index in [0.29, 0.717) is 0 Å². The first-order valence-corrected chi connectivity index (χ1v) is 7.35. The van der Waals surface area contributed by atoms with Crippen LogP contribution in [-0.2, 0) is 20.9 Å². The Balaban J connectivity index is 3.00. The molecule has 1 heterocycles. The van der Waals surface area contributed by atoms with Crippen molar-refractivity contribution in [2.24, 2.45) is 0 Å². The van der Waals surface area contributed by atoms with Gasteiger partial charge >= 0.3 is 6.18 Å². The molecule has 1 atom stereocenters. The van der Waals surface area contributed by atoms with Gasteiger partial charge in [0.25, 0.3) is 0 Å². The van der Waals surface area contributed by atoms with E-state index in [1.165, 1.54) is 14.0 Å². The number of nitrogens with one attached hydrogen (secondary N) is 1. The average Bonchev–Trinajstić information content (AvgIpc) is 2.29. The SMILES string of the molecule is COC(C)CS(=O)(=O)Nc1ccc(Cl)c(C(F)(F)F)n1. The van der Waals surface area contributed by atoms with Crippen LogP contribution in [0.3, 0.4) is 0 Å². The lowest BCUT2D eigenvalue weighted by Crippen LogP contribution is -2.26. The summed E-state index contributed by atoms with van der Waals surface area (Å²) in [5, 5.41) is -0.606. The highest BCUT2D eigenvalue weighted by Gasteiger charge is 2.35. The number of anilines is 1. The molecular formula is C10H12ClF3N2O3S. The highest BCUT2D eigenvalue weighted by molar-refractivity contribution is 7.92. The van der Waals surface area contributed by atoms with Crippen LogP contribution in [0.25, 0.3) is 0 Å². The fourth-order valence-corrected chi connectivity index (χ4v) is 2.76. The number of ether oxygens (including phenoxy) is 1. The summed E-state index contributed by atoms with van der Waals surface area (Å²) in [5.74, 6) is -0.861. The van der Waals surface area contributed by atoms with Gasteiger partial charge in [-0.3, -0.25) is 4.72 Å². The molecule has 20 heavy (non-hydrogen) atoms. The van der Waals surface area contributed by atoms with E-state index < -0.39 is 44.6 Å². The Morgan fingerprint density at radius 3 is 2.55 bits per heavy atom. The molecule has 1 rings (SSSR count). The van der Waals surface area contributed by atoms with Crippen molar-refractivity contribution in [1.29, 1.82) is 0 Å². The Kier molecular flexibility index (Phi) is 5.22. The van der Waals surface area contributed by atoms with Crippen LogP contribution in [0.4, 0.5) is 19.0 Å². The second-order valence-electron chi connectivity index (χ2n) is 3.95. The van der Waals surface area contributed by atoms with Crippen LogP contribution < -0.4 is 4.72 Å². The van der Waals surface area contributed by atoms with Crippen molar-refractivity contribution in [3.8, 4) is 0 Å². The van der Waals surface area contributed by atoms with E-state index in [1.54, 1.807) is 0 Å². The molecule has 1 N–H and O–H groups in total. The lowest BCUT2D eigenvalue weighted by Gasteiger charge is -2.13. The molecule has 0 aromatic carbocycles.